The fourth-order valence-electron chi connectivity index (χ4n) is 5.59. The third kappa shape index (κ3) is 2.50. The van der Waals surface area contributed by atoms with Crippen LogP contribution in [0.15, 0.2) is 18.2 Å². The molecular formula is C21H31NO. The van der Waals surface area contributed by atoms with E-state index in [1.165, 1.54) is 45.1 Å². The average Bonchev–Trinajstić information content (AvgIpc) is 2.50. The van der Waals surface area contributed by atoms with E-state index in [1.54, 1.807) is 11.1 Å². The van der Waals surface area contributed by atoms with Crippen molar-refractivity contribution in [2.24, 2.45) is 5.92 Å². The Balaban J connectivity index is 1.79. The first-order chi connectivity index (χ1) is 10.9. The summed E-state index contributed by atoms with van der Waals surface area (Å²) in [6.45, 7) is 7.67. The number of piperidine rings is 1. The van der Waals surface area contributed by atoms with Crippen LogP contribution in [0.4, 0.5) is 0 Å². The molecule has 1 aliphatic heterocycles. The number of ether oxygens (including phenoxy) is 1. The van der Waals surface area contributed by atoms with E-state index in [2.05, 4.69) is 50.9 Å². The van der Waals surface area contributed by atoms with Gasteiger partial charge < -0.3 is 9.64 Å². The fraction of sp³-hybridized carbons (Fsp3) is 0.714. The number of likely N-dealkylation sites (N-methyl/N-ethyl adjacent to an activating group) is 1. The molecule has 126 valence electrons. The maximum Gasteiger partial charge on any atom is 0.120 e. The molecule has 2 fully saturated rings. The number of hydrogen-bond acceptors (Lipinski definition) is 2. The smallest absolute Gasteiger partial charge is 0.120 e. The maximum atomic E-state index is 6.19. The van der Waals surface area contributed by atoms with Crippen LogP contribution in [0.5, 0.6) is 5.75 Å². The number of fused-ring (bicyclic) bond motifs is 1. The number of benzene rings is 1. The number of nitrogens with zero attached hydrogens (tertiary/aromatic N) is 1. The van der Waals surface area contributed by atoms with E-state index in [0.29, 0.717) is 5.41 Å². The lowest BCUT2D eigenvalue weighted by molar-refractivity contribution is 0.00251. The van der Waals surface area contributed by atoms with E-state index in [-0.39, 0.29) is 5.60 Å². The maximum absolute atomic E-state index is 6.19. The van der Waals surface area contributed by atoms with Gasteiger partial charge in [-0.1, -0.05) is 18.9 Å². The Morgan fingerprint density at radius 3 is 2.78 bits per heavy atom. The topological polar surface area (TPSA) is 12.5 Å². The minimum Gasteiger partial charge on any atom is -0.488 e. The minimum atomic E-state index is -0.123. The van der Waals surface area contributed by atoms with Crippen LogP contribution in [0.3, 0.4) is 0 Å². The predicted molar refractivity (Wildman–Crippen MR) is 95.2 cm³/mol. The van der Waals surface area contributed by atoms with Gasteiger partial charge in [-0.25, -0.2) is 0 Å². The highest BCUT2D eigenvalue weighted by atomic mass is 16.5. The van der Waals surface area contributed by atoms with Gasteiger partial charge in [0, 0.05) is 11.5 Å². The molecule has 2 bridgehead atoms. The van der Waals surface area contributed by atoms with Gasteiger partial charge in [0.1, 0.15) is 11.4 Å². The molecule has 0 unspecified atom stereocenters. The van der Waals surface area contributed by atoms with Gasteiger partial charge in [0.15, 0.2) is 0 Å². The molecule has 1 heterocycles. The van der Waals surface area contributed by atoms with Gasteiger partial charge in [-0.3, -0.25) is 0 Å². The van der Waals surface area contributed by atoms with Crippen molar-refractivity contribution in [3.8, 4) is 5.75 Å². The second-order valence-electron chi connectivity index (χ2n) is 9.04. The van der Waals surface area contributed by atoms with Crippen molar-refractivity contribution in [3.05, 3.63) is 29.3 Å². The zero-order chi connectivity index (χ0) is 16.2. The van der Waals surface area contributed by atoms with Crippen LogP contribution < -0.4 is 4.74 Å². The van der Waals surface area contributed by atoms with Gasteiger partial charge in [-0.05, 0) is 89.2 Å². The average molecular weight is 313 g/mol. The van der Waals surface area contributed by atoms with E-state index in [0.717, 1.165) is 17.7 Å². The monoisotopic (exact) mass is 313 g/mol. The first kappa shape index (κ1) is 15.5. The van der Waals surface area contributed by atoms with Crippen LogP contribution in [-0.2, 0) is 11.8 Å². The van der Waals surface area contributed by atoms with Crippen molar-refractivity contribution in [1.29, 1.82) is 0 Å². The number of likely N-dealkylation sites (tertiary alicyclic amines) is 1. The second kappa shape index (κ2) is 5.24. The molecule has 3 atom stereocenters. The lowest BCUT2D eigenvalue weighted by atomic mass is 9.52. The Morgan fingerprint density at radius 1 is 1.17 bits per heavy atom. The third-order valence-electron chi connectivity index (χ3n) is 6.51. The summed E-state index contributed by atoms with van der Waals surface area (Å²) in [6.07, 6.45) is 8.18. The first-order valence-corrected chi connectivity index (χ1v) is 9.42. The van der Waals surface area contributed by atoms with Crippen LogP contribution in [0.2, 0.25) is 0 Å². The van der Waals surface area contributed by atoms with E-state index in [4.69, 9.17) is 4.74 Å². The molecule has 0 spiro atoms. The van der Waals surface area contributed by atoms with Crippen molar-refractivity contribution < 1.29 is 4.74 Å². The molecular weight excluding hydrogens is 282 g/mol. The van der Waals surface area contributed by atoms with Gasteiger partial charge in [0.05, 0.1) is 0 Å². The van der Waals surface area contributed by atoms with Crippen LogP contribution in [0.1, 0.15) is 64.0 Å². The van der Waals surface area contributed by atoms with E-state index in [9.17, 15) is 0 Å². The lowest BCUT2D eigenvalue weighted by Gasteiger charge is -2.58. The zero-order valence-corrected chi connectivity index (χ0v) is 15.2. The molecule has 2 nitrogen and oxygen atoms in total. The Hall–Kier alpha value is -1.02. The van der Waals surface area contributed by atoms with Gasteiger partial charge in [-0.15, -0.1) is 0 Å². The molecule has 1 aromatic rings. The largest absolute Gasteiger partial charge is 0.488 e. The van der Waals surface area contributed by atoms with Crippen LogP contribution >= 0.6 is 0 Å². The molecule has 3 aliphatic rings. The molecule has 1 saturated heterocycles. The summed E-state index contributed by atoms with van der Waals surface area (Å²) >= 11 is 0. The number of rotatable bonds is 1. The van der Waals surface area contributed by atoms with Gasteiger partial charge in [0.2, 0.25) is 0 Å². The summed E-state index contributed by atoms with van der Waals surface area (Å²) in [5.74, 6) is 1.92. The third-order valence-corrected chi connectivity index (χ3v) is 6.51. The molecule has 0 radical (unpaired) electrons. The molecule has 23 heavy (non-hydrogen) atoms. The quantitative estimate of drug-likeness (QED) is 0.754. The molecule has 4 rings (SSSR count). The van der Waals surface area contributed by atoms with Gasteiger partial charge >= 0.3 is 0 Å². The SMILES string of the molecule is CN1CC[C@@]23CCCC[C@H]2[C@@H]1Cc1ccc(OC(C)(C)C)cc13. The molecule has 1 aromatic carbocycles. The van der Waals surface area contributed by atoms with Crippen LogP contribution in [0, 0.1) is 5.92 Å². The summed E-state index contributed by atoms with van der Waals surface area (Å²) < 4.78 is 6.19. The van der Waals surface area contributed by atoms with Gasteiger partial charge in [0.25, 0.3) is 0 Å². The summed E-state index contributed by atoms with van der Waals surface area (Å²) in [6, 6.07) is 7.71. The normalized spacial score (nSPS) is 33.7. The standard InChI is InChI=1S/C21H31NO/c1-20(2,3)23-16-9-8-15-13-19-17-7-5-6-10-21(17,18(15)14-16)11-12-22(19)4/h8-9,14,17,19H,5-7,10-13H2,1-4H3/t17-,19-,21-/m0/s1. The van der Waals surface area contributed by atoms with Crippen molar-refractivity contribution in [2.45, 2.75) is 76.4 Å². The van der Waals surface area contributed by atoms with E-state index in [1.807, 2.05) is 0 Å². The lowest BCUT2D eigenvalue weighted by Crippen LogP contribution is -2.59. The Labute approximate surface area is 141 Å². The van der Waals surface area contributed by atoms with Gasteiger partial charge in [-0.2, -0.15) is 0 Å². The van der Waals surface area contributed by atoms with Crippen LogP contribution in [0.25, 0.3) is 0 Å². The highest BCUT2D eigenvalue weighted by Crippen LogP contribution is 2.56. The number of hydrogen-bond donors (Lipinski definition) is 0. The molecule has 0 N–H and O–H groups in total. The van der Waals surface area contributed by atoms with Crippen molar-refractivity contribution in [1.82, 2.24) is 4.90 Å². The van der Waals surface area contributed by atoms with E-state index < -0.39 is 0 Å². The highest BCUT2D eigenvalue weighted by Gasteiger charge is 2.53. The van der Waals surface area contributed by atoms with Crippen LogP contribution in [-0.4, -0.2) is 30.1 Å². The molecule has 2 heteroatoms. The molecule has 1 saturated carbocycles. The molecule has 0 aromatic heterocycles. The van der Waals surface area contributed by atoms with E-state index >= 15 is 0 Å². The Kier molecular flexibility index (Phi) is 3.53. The summed E-state index contributed by atoms with van der Waals surface area (Å²) in [5, 5.41) is 0. The first-order valence-electron chi connectivity index (χ1n) is 9.42. The predicted octanol–water partition coefficient (Wildman–Crippen LogP) is 4.55. The zero-order valence-electron chi connectivity index (χ0n) is 15.2. The Bertz CT molecular complexity index is 602. The van der Waals surface area contributed by atoms with Crippen molar-refractivity contribution in [3.63, 3.8) is 0 Å². The van der Waals surface area contributed by atoms with Crippen molar-refractivity contribution >= 4 is 0 Å². The molecule has 2 aliphatic carbocycles. The highest BCUT2D eigenvalue weighted by molar-refractivity contribution is 5.45. The minimum absolute atomic E-state index is 0.123. The van der Waals surface area contributed by atoms with Crippen molar-refractivity contribution in [2.75, 3.05) is 13.6 Å². The Morgan fingerprint density at radius 2 is 2.00 bits per heavy atom. The molecule has 0 amide bonds. The summed E-state index contributed by atoms with van der Waals surface area (Å²) in [5.41, 5.74) is 3.52. The second-order valence-corrected chi connectivity index (χ2v) is 9.04. The fourth-order valence-corrected chi connectivity index (χ4v) is 5.59. The summed E-state index contributed by atoms with van der Waals surface area (Å²) in [4.78, 5) is 2.64. The summed E-state index contributed by atoms with van der Waals surface area (Å²) in [7, 11) is 2.34.